The molecule has 2 N–H and O–H groups in total. The van der Waals surface area contributed by atoms with Crippen LogP contribution in [0.1, 0.15) is 15.9 Å². The fraction of sp³-hybridized carbons (Fsp3) is 0.357. The number of ether oxygens (including phenoxy) is 1. The zero-order valence-corrected chi connectivity index (χ0v) is 12.2. The van der Waals surface area contributed by atoms with E-state index >= 15 is 0 Å². The first-order valence-electron chi connectivity index (χ1n) is 6.63. The Morgan fingerprint density at radius 2 is 2.24 bits per heavy atom. The molecule has 0 bridgehead atoms. The molecule has 2 rings (SSSR count). The monoisotopic (exact) mass is 289 g/mol. The third-order valence-corrected chi connectivity index (χ3v) is 2.85. The van der Waals surface area contributed by atoms with Crippen molar-refractivity contribution in [2.24, 2.45) is 7.05 Å². The molecule has 21 heavy (non-hydrogen) atoms. The van der Waals surface area contributed by atoms with E-state index in [1.54, 1.807) is 36.3 Å². The highest BCUT2D eigenvalue weighted by Gasteiger charge is 2.05. The SMILES string of the molecule is COCCNC(=O)c1ccc(NCc2cnn(C)c2)nc1. The van der Waals surface area contributed by atoms with Gasteiger partial charge in [-0.25, -0.2) is 4.98 Å². The van der Waals surface area contributed by atoms with E-state index in [2.05, 4.69) is 20.7 Å². The Morgan fingerprint density at radius 1 is 1.38 bits per heavy atom. The van der Waals surface area contributed by atoms with Crippen LogP contribution in [0.25, 0.3) is 0 Å². The van der Waals surface area contributed by atoms with Gasteiger partial charge in [0.2, 0.25) is 0 Å². The summed E-state index contributed by atoms with van der Waals surface area (Å²) in [6.07, 6.45) is 5.28. The summed E-state index contributed by atoms with van der Waals surface area (Å²) in [6.45, 7) is 1.61. The number of carbonyl (C=O) groups is 1. The molecule has 2 aromatic heterocycles. The molecule has 112 valence electrons. The topological polar surface area (TPSA) is 81.1 Å². The summed E-state index contributed by atoms with van der Waals surface area (Å²) in [7, 11) is 3.47. The van der Waals surface area contributed by atoms with Gasteiger partial charge in [-0.3, -0.25) is 9.48 Å². The Labute approximate surface area is 123 Å². The van der Waals surface area contributed by atoms with Crippen LogP contribution < -0.4 is 10.6 Å². The molecule has 2 heterocycles. The van der Waals surface area contributed by atoms with Gasteiger partial charge in [0.1, 0.15) is 5.82 Å². The number of hydrogen-bond donors (Lipinski definition) is 2. The molecule has 2 aromatic rings. The summed E-state index contributed by atoms with van der Waals surface area (Å²) in [6, 6.07) is 3.52. The second-order valence-corrected chi connectivity index (χ2v) is 4.56. The average Bonchev–Trinajstić information content (AvgIpc) is 2.91. The summed E-state index contributed by atoms with van der Waals surface area (Å²) in [5.74, 6) is 0.561. The van der Waals surface area contributed by atoms with Crippen LogP contribution in [0.15, 0.2) is 30.7 Å². The Morgan fingerprint density at radius 3 is 2.86 bits per heavy atom. The maximum Gasteiger partial charge on any atom is 0.252 e. The van der Waals surface area contributed by atoms with Crippen molar-refractivity contribution >= 4 is 11.7 Å². The van der Waals surface area contributed by atoms with Gasteiger partial charge < -0.3 is 15.4 Å². The molecule has 0 saturated heterocycles. The molecule has 0 aliphatic heterocycles. The Bertz CT molecular complexity index is 579. The third kappa shape index (κ3) is 4.57. The van der Waals surface area contributed by atoms with E-state index in [0.29, 0.717) is 31.1 Å². The zero-order valence-electron chi connectivity index (χ0n) is 12.2. The summed E-state index contributed by atoms with van der Waals surface area (Å²) >= 11 is 0. The number of carbonyl (C=O) groups excluding carboxylic acids is 1. The predicted octanol–water partition coefficient (Wildman–Crippen LogP) is 0.803. The van der Waals surface area contributed by atoms with Crippen molar-refractivity contribution < 1.29 is 9.53 Å². The van der Waals surface area contributed by atoms with E-state index in [1.807, 2.05) is 13.2 Å². The number of pyridine rings is 1. The highest BCUT2D eigenvalue weighted by molar-refractivity contribution is 5.94. The largest absolute Gasteiger partial charge is 0.383 e. The molecule has 0 saturated carbocycles. The number of hydrogen-bond acceptors (Lipinski definition) is 5. The minimum absolute atomic E-state index is 0.154. The lowest BCUT2D eigenvalue weighted by Crippen LogP contribution is -2.27. The quantitative estimate of drug-likeness (QED) is 0.737. The van der Waals surface area contributed by atoms with Gasteiger partial charge in [0.25, 0.3) is 5.91 Å². The molecule has 1 amide bonds. The molecular weight excluding hydrogens is 270 g/mol. The minimum atomic E-state index is -0.154. The van der Waals surface area contributed by atoms with Gasteiger partial charge in [-0.1, -0.05) is 0 Å². The standard InChI is InChI=1S/C14H19N5O2/c1-19-10-11(8-18-19)7-16-13-4-3-12(9-17-13)14(20)15-5-6-21-2/h3-4,8-10H,5-7H2,1-2H3,(H,15,20)(H,16,17). The first kappa shape index (κ1) is 15.0. The van der Waals surface area contributed by atoms with Gasteiger partial charge in [-0.2, -0.15) is 5.10 Å². The van der Waals surface area contributed by atoms with Gasteiger partial charge in [0, 0.05) is 45.2 Å². The van der Waals surface area contributed by atoms with Crippen molar-refractivity contribution in [1.82, 2.24) is 20.1 Å². The predicted molar refractivity (Wildman–Crippen MR) is 79.0 cm³/mol. The highest BCUT2D eigenvalue weighted by atomic mass is 16.5. The van der Waals surface area contributed by atoms with E-state index in [4.69, 9.17) is 4.74 Å². The second kappa shape index (κ2) is 7.39. The van der Waals surface area contributed by atoms with Gasteiger partial charge >= 0.3 is 0 Å². The van der Waals surface area contributed by atoms with E-state index in [9.17, 15) is 4.79 Å². The number of aryl methyl sites for hydroxylation is 1. The van der Waals surface area contributed by atoms with Crippen LogP contribution in [0.4, 0.5) is 5.82 Å². The maximum absolute atomic E-state index is 11.8. The van der Waals surface area contributed by atoms with Crippen molar-refractivity contribution in [2.75, 3.05) is 25.6 Å². The number of amides is 1. The first-order valence-corrected chi connectivity index (χ1v) is 6.63. The van der Waals surface area contributed by atoms with Gasteiger partial charge in [-0.15, -0.1) is 0 Å². The molecule has 0 spiro atoms. The van der Waals surface area contributed by atoms with Crippen molar-refractivity contribution in [2.45, 2.75) is 6.54 Å². The van der Waals surface area contributed by atoms with Crippen molar-refractivity contribution in [3.8, 4) is 0 Å². The lowest BCUT2D eigenvalue weighted by Gasteiger charge is -2.06. The van der Waals surface area contributed by atoms with Crippen LogP contribution in [0.5, 0.6) is 0 Å². The van der Waals surface area contributed by atoms with Crippen LogP contribution >= 0.6 is 0 Å². The summed E-state index contributed by atoms with van der Waals surface area (Å²) in [4.78, 5) is 16.0. The normalized spacial score (nSPS) is 10.4. The Kier molecular flexibility index (Phi) is 5.28. The molecular formula is C14H19N5O2. The van der Waals surface area contributed by atoms with Gasteiger partial charge in [0.05, 0.1) is 18.4 Å². The van der Waals surface area contributed by atoms with Gasteiger partial charge in [0.15, 0.2) is 0 Å². The van der Waals surface area contributed by atoms with E-state index in [1.165, 1.54) is 0 Å². The molecule has 7 nitrogen and oxygen atoms in total. The minimum Gasteiger partial charge on any atom is -0.383 e. The Hall–Kier alpha value is -2.41. The molecule has 0 aromatic carbocycles. The molecule has 0 atom stereocenters. The van der Waals surface area contributed by atoms with E-state index in [-0.39, 0.29) is 5.91 Å². The molecule has 0 unspecified atom stereocenters. The number of nitrogens with one attached hydrogen (secondary N) is 2. The Balaban J connectivity index is 1.85. The second-order valence-electron chi connectivity index (χ2n) is 4.56. The molecule has 0 fully saturated rings. The lowest BCUT2D eigenvalue weighted by atomic mass is 10.2. The number of rotatable bonds is 7. The third-order valence-electron chi connectivity index (χ3n) is 2.85. The van der Waals surface area contributed by atoms with Crippen LogP contribution in [-0.4, -0.2) is 40.9 Å². The van der Waals surface area contributed by atoms with Crippen molar-refractivity contribution in [3.63, 3.8) is 0 Å². The highest BCUT2D eigenvalue weighted by Crippen LogP contribution is 2.07. The smallest absolute Gasteiger partial charge is 0.252 e. The van der Waals surface area contributed by atoms with Crippen LogP contribution in [-0.2, 0) is 18.3 Å². The van der Waals surface area contributed by atoms with Crippen LogP contribution in [0, 0.1) is 0 Å². The average molecular weight is 289 g/mol. The van der Waals surface area contributed by atoms with E-state index < -0.39 is 0 Å². The fourth-order valence-corrected chi connectivity index (χ4v) is 1.76. The maximum atomic E-state index is 11.8. The molecule has 0 aliphatic carbocycles. The van der Waals surface area contributed by atoms with Crippen LogP contribution in [0.2, 0.25) is 0 Å². The lowest BCUT2D eigenvalue weighted by molar-refractivity contribution is 0.0937. The molecule has 0 radical (unpaired) electrons. The number of nitrogens with zero attached hydrogens (tertiary/aromatic N) is 3. The van der Waals surface area contributed by atoms with Gasteiger partial charge in [-0.05, 0) is 12.1 Å². The fourth-order valence-electron chi connectivity index (χ4n) is 1.76. The van der Waals surface area contributed by atoms with Crippen LogP contribution in [0.3, 0.4) is 0 Å². The molecule has 7 heteroatoms. The summed E-state index contributed by atoms with van der Waals surface area (Å²) < 4.78 is 6.62. The summed E-state index contributed by atoms with van der Waals surface area (Å²) in [5, 5.41) is 10.0. The zero-order chi connectivity index (χ0) is 15.1. The number of anilines is 1. The first-order chi connectivity index (χ1) is 10.2. The molecule has 0 aliphatic rings. The number of methoxy groups -OCH3 is 1. The van der Waals surface area contributed by atoms with E-state index in [0.717, 1.165) is 5.56 Å². The van der Waals surface area contributed by atoms with Crippen molar-refractivity contribution in [1.29, 1.82) is 0 Å². The summed E-state index contributed by atoms with van der Waals surface area (Å²) in [5.41, 5.74) is 1.60. The number of aromatic nitrogens is 3. The van der Waals surface area contributed by atoms with Crippen molar-refractivity contribution in [3.05, 3.63) is 41.9 Å².